The van der Waals surface area contributed by atoms with Crippen molar-refractivity contribution in [1.29, 1.82) is 0 Å². The van der Waals surface area contributed by atoms with E-state index in [1.165, 1.54) is 11.3 Å². The van der Waals surface area contributed by atoms with Crippen molar-refractivity contribution in [3.63, 3.8) is 0 Å². The third-order valence-electron chi connectivity index (χ3n) is 3.38. The predicted molar refractivity (Wildman–Crippen MR) is 101 cm³/mol. The van der Waals surface area contributed by atoms with Crippen LogP contribution in [0.1, 0.15) is 28.1 Å². The van der Waals surface area contributed by atoms with Gasteiger partial charge in [-0.3, -0.25) is 9.59 Å². The molecule has 0 fully saturated rings. The van der Waals surface area contributed by atoms with Crippen molar-refractivity contribution in [3.05, 3.63) is 52.2 Å². The number of nitrogens with one attached hydrogen (secondary N) is 2. The van der Waals surface area contributed by atoms with Crippen LogP contribution >= 0.6 is 23.7 Å². The van der Waals surface area contributed by atoms with Gasteiger partial charge in [-0.25, -0.2) is 0 Å². The van der Waals surface area contributed by atoms with Crippen LogP contribution in [0.3, 0.4) is 0 Å². The average Bonchev–Trinajstić information content (AvgIpc) is 3.08. The number of hydrogen-bond donors (Lipinski definition) is 3. The number of amides is 2. The van der Waals surface area contributed by atoms with Gasteiger partial charge in [-0.2, -0.15) is 0 Å². The monoisotopic (exact) mass is 367 g/mol. The number of para-hydroxylation sites is 1. The minimum Gasteiger partial charge on any atom is -0.399 e. The van der Waals surface area contributed by atoms with Crippen LogP contribution in [-0.4, -0.2) is 24.9 Å². The molecule has 2 rings (SSSR count). The number of carbonyl (C=O) groups is 2. The van der Waals surface area contributed by atoms with Crippen LogP contribution < -0.4 is 16.4 Å². The number of anilines is 1. The Morgan fingerprint density at radius 1 is 1.04 bits per heavy atom. The summed E-state index contributed by atoms with van der Waals surface area (Å²) in [5, 5.41) is 7.55. The Bertz CT molecular complexity index is 647. The fourth-order valence-electron chi connectivity index (χ4n) is 2.11. The van der Waals surface area contributed by atoms with Gasteiger partial charge in [0.2, 0.25) is 5.91 Å². The first-order valence-electron chi connectivity index (χ1n) is 7.58. The van der Waals surface area contributed by atoms with E-state index in [2.05, 4.69) is 10.6 Å². The number of thiophene rings is 1. The van der Waals surface area contributed by atoms with Crippen LogP contribution in [0.4, 0.5) is 5.69 Å². The molecule has 0 saturated carbocycles. The number of nitrogen functional groups attached to an aromatic ring is 1. The Hall–Kier alpha value is -2.05. The Labute approximate surface area is 152 Å². The highest BCUT2D eigenvalue weighted by Crippen LogP contribution is 2.12. The van der Waals surface area contributed by atoms with Gasteiger partial charge in [0.25, 0.3) is 5.91 Å². The normalized spacial score (nSPS) is 9.83. The maximum absolute atomic E-state index is 11.8. The van der Waals surface area contributed by atoms with E-state index in [1.807, 2.05) is 35.7 Å². The molecule has 0 aliphatic rings. The second-order valence-corrected chi connectivity index (χ2v) is 6.08. The SMILES string of the molecule is Cl.Nc1ccccc1CCC(=O)NCCCNC(=O)c1cccs1. The van der Waals surface area contributed by atoms with Crippen molar-refractivity contribution in [1.82, 2.24) is 10.6 Å². The predicted octanol–water partition coefficient (Wildman–Crippen LogP) is 2.62. The molecule has 4 N–H and O–H groups in total. The quantitative estimate of drug-likeness (QED) is 0.495. The molecule has 0 saturated heterocycles. The summed E-state index contributed by atoms with van der Waals surface area (Å²) in [5.74, 6) is -0.0660. The van der Waals surface area contributed by atoms with Crippen LogP contribution in [0.15, 0.2) is 41.8 Å². The number of benzene rings is 1. The lowest BCUT2D eigenvalue weighted by molar-refractivity contribution is -0.121. The molecule has 7 heteroatoms. The summed E-state index contributed by atoms with van der Waals surface area (Å²) >= 11 is 1.41. The number of halogens is 1. The lowest BCUT2D eigenvalue weighted by Gasteiger charge is -2.07. The highest BCUT2D eigenvalue weighted by Gasteiger charge is 2.06. The van der Waals surface area contributed by atoms with E-state index in [1.54, 1.807) is 6.07 Å². The standard InChI is InChI=1S/C17H21N3O2S.ClH/c18-14-6-2-1-5-13(14)8-9-16(21)19-10-4-11-20-17(22)15-7-3-12-23-15;/h1-3,5-7,12H,4,8-11,18H2,(H,19,21)(H,20,22);1H. The summed E-state index contributed by atoms with van der Waals surface area (Å²) in [7, 11) is 0. The van der Waals surface area contributed by atoms with Crippen LogP contribution in [0.2, 0.25) is 0 Å². The van der Waals surface area contributed by atoms with Crippen LogP contribution in [0.25, 0.3) is 0 Å². The first kappa shape index (κ1) is 20.0. The summed E-state index contributed by atoms with van der Waals surface area (Å²) in [5.41, 5.74) is 7.55. The molecule has 24 heavy (non-hydrogen) atoms. The maximum Gasteiger partial charge on any atom is 0.261 e. The third-order valence-corrected chi connectivity index (χ3v) is 4.25. The fraction of sp³-hybridized carbons (Fsp3) is 0.294. The first-order valence-corrected chi connectivity index (χ1v) is 8.46. The summed E-state index contributed by atoms with van der Waals surface area (Å²) in [6.07, 6.45) is 1.75. The minimum absolute atomic E-state index is 0. The zero-order valence-electron chi connectivity index (χ0n) is 13.3. The summed E-state index contributed by atoms with van der Waals surface area (Å²) < 4.78 is 0. The third kappa shape index (κ3) is 6.60. The van der Waals surface area contributed by atoms with Crippen molar-refractivity contribution in [2.45, 2.75) is 19.3 Å². The fourth-order valence-corrected chi connectivity index (χ4v) is 2.75. The number of rotatable bonds is 8. The van der Waals surface area contributed by atoms with E-state index >= 15 is 0 Å². The molecule has 1 aromatic heterocycles. The second-order valence-electron chi connectivity index (χ2n) is 5.14. The number of aryl methyl sites for hydroxylation is 1. The van der Waals surface area contributed by atoms with E-state index in [9.17, 15) is 9.59 Å². The van der Waals surface area contributed by atoms with Gasteiger partial charge in [-0.15, -0.1) is 23.7 Å². The molecule has 1 aromatic carbocycles. The molecule has 0 bridgehead atoms. The molecule has 0 unspecified atom stereocenters. The van der Waals surface area contributed by atoms with Gasteiger partial charge in [0, 0.05) is 25.2 Å². The summed E-state index contributed by atoms with van der Waals surface area (Å²) in [4.78, 5) is 24.2. The van der Waals surface area contributed by atoms with E-state index in [0.717, 1.165) is 11.3 Å². The molecular formula is C17H22ClN3O2S. The molecule has 5 nitrogen and oxygen atoms in total. The van der Waals surface area contributed by atoms with Crippen molar-refractivity contribution in [3.8, 4) is 0 Å². The van der Waals surface area contributed by atoms with Crippen LogP contribution in [0.5, 0.6) is 0 Å². The van der Waals surface area contributed by atoms with Crippen molar-refractivity contribution in [2.75, 3.05) is 18.8 Å². The lowest BCUT2D eigenvalue weighted by Crippen LogP contribution is -2.29. The van der Waals surface area contributed by atoms with E-state index < -0.39 is 0 Å². The smallest absolute Gasteiger partial charge is 0.261 e. The van der Waals surface area contributed by atoms with Crippen molar-refractivity contribution in [2.24, 2.45) is 0 Å². The second kappa shape index (κ2) is 10.7. The van der Waals surface area contributed by atoms with E-state index in [0.29, 0.717) is 37.2 Å². The summed E-state index contributed by atoms with van der Waals surface area (Å²) in [6, 6.07) is 11.2. The number of hydrogen-bond acceptors (Lipinski definition) is 4. The molecular weight excluding hydrogens is 346 g/mol. The lowest BCUT2D eigenvalue weighted by atomic mass is 10.1. The van der Waals surface area contributed by atoms with Gasteiger partial charge >= 0.3 is 0 Å². The largest absolute Gasteiger partial charge is 0.399 e. The average molecular weight is 368 g/mol. The van der Waals surface area contributed by atoms with Gasteiger partial charge in [-0.1, -0.05) is 24.3 Å². The minimum atomic E-state index is -0.0640. The summed E-state index contributed by atoms with van der Waals surface area (Å²) in [6.45, 7) is 1.09. The van der Waals surface area contributed by atoms with Crippen molar-refractivity contribution < 1.29 is 9.59 Å². The zero-order valence-corrected chi connectivity index (χ0v) is 14.9. The maximum atomic E-state index is 11.8. The van der Waals surface area contributed by atoms with Crippen LogP contribution in [-0.2, 0) is 11.2 Å². The molecule has 1 heterocycles. The molecule has 130 valence electrons. The topological polar surface area (TPSA) is 84.2 Å². The van der Waals surface area contributed by atoms with Gasteiger partial charge in [0.05, 0.1) is 4.88 Å². The Kier molecular flexibility index (Phi) is 8.89. The molecule has 0 radical (unpaired) electrons. The Morgan fingerprint density at radius 2 is 1.79 bits per heavy atom. The van der Waals surface area contributed by atoms with E-state index in [-0.39, 0.29) is 24.2 Å². The van der Waals surface area contributed by atoms with E-state index in [4.69, 9.17) is 5.73 Å². The number of carbonyl (C=O) groups excluding carboxylic acids is 2. The Morgan fingerprint density at radius 3 is 2.50 bits per heavy atom. The first-order chi connectivity index (χ1) is 11.2. The van der Waals surface area contributed by atoms with Gasteiger partial charge < -0.3 is 16.4 Å². The molecule has 2 amide bonds. The molecule has 2 aromatic rings. The highest BCUT2D eigenvalue weighted by molar-refractivity contribution is 7.12. The molecule has 0 aliphatic carbocycles. The molecule has 0 spiro atoms. The zero-order chi connectivity index (χ0) is 16.5. The van der Waals surface area contributed by atoms with Gasteiger partial charge in [0.15, 0.2) is 0 Å². The van der Waals surface area contributed by atoms with Crippen molar-refractivity contribution >= 4 is 41.2 Å². The number of nitrogens with two attached hydrogens (primary N) is 1. The van der Waals surface area contributed by atoms with Crippen LogP contribution in [0, 0.1) is 0 Å². The molecule has 0 aliphatic heterocycles. The van der Waals surface area contributed by atoms with Gasteiger partial charge in [-0.05, 0) is 35.9 Å². The highest BCUT2D eigenvalue weighted by atomic mass is 35.5. The Balaban J connectivity index is 0.00000288. The van der Waals surface area contributed by atoms with Gasteiger partial charge in [0.1, 0.15) is 0 Å². The molecule has 0 atom stereocenters.